The Bertz CT molecular complexity index is 601. The number of hydrogen-bond donors (Lipinski definition) is 1. The predicted octanol–water partition coefficient (Wildman–Crippen LogP) is 4.74. The molecule has 2 aromatic carbocycles. The highest BCUT2D eigenvalue weighted by Crippen LogP contribution is 2.26. The van der Waals surface area contributed by atoms with Crippen molar-refractivity contribution < 1.29 is 4.79 Å². The molecule has 0 heterocycles. The molecule has 2 aromatic rings. The maximum atomic E-state index is 12.1. The summed E-state index contributed by atoms with van der Waals surface area (Å²) in [5.41, 5.74) is 1.89. The Kier molecular flexibility index (Phi) is 5.68. The van der Waals surface area contributed by atoms with Crippen LogP contribution in [0.3, 0.4) is 0 Å². The van der Waals surface area contributed by atoms with E-state index in [-0.39, 0.29) is 5.91 Å². The van der Waals surface area contributed by atoms with Gasteiger partial charge in [-0.3, -0.25) is 4.79 Å². The summed E-state index contributed by atoms with van der Waals surface area (Å²) >= 11 is 5.15. The van der Waals surface area contributed by atoms with Gasteiger partial charge in [-0.2, -0.15) is 0 Å². The highest BCUT2D eigenvalue weighted by atomic mass is 79.9. The SMILES string of the molecule is CCSc1ccccc1NC(=O)Cc1cccc(Br)c1. The number of benzene rings is 2. The molecule has 0 spiro atoms. The first-order valence-electron chi connectivity index (χ1n) is 6.45. The van der Waals surface area contributed by atoms with Crippen molar-refractivity contribution in [1.82, 2.24) is 0 Å². The average Bonchev–Trinajstić information content (AvgIpc) is 2.41. The van der Waals surface area contributed by atoms with Gasteiger partial charge in [0.25, 0.3) is 0 Å². The number of carbonyl (C=O) groups excluding carboxylic acids is 1. The van der Waals surface area contributed by atoms with Crippen LogP contribution >= 0.6 is 27.7 Å². The van der Waals surface area contributed by atoms with Gasteiger partial charge in [0.1, 0.15) is 0 Å². The van der Waals surface area contributed by atoms with E-state index in [1.165, 1.54) is 0 Å². The van der Waals surface area contributed by atoms with Gasteiger partial charge in [0.05, 0.1) is 12.1 Å². The number of para-hydroxylation sites is 1. The van der Waals surface area contributed by atoms with E-state index in [1.807, 2.05) is 48.5 Å². The van der Waals surface area contributed by atoms with Gasteiger partial charge in [0.15, 0.2) is 0 Å². The summed E-state index contributed by atoms with van der Waals surface area (Å²) in [4.78, 5) is 13.2. The smallest absolute Gasteiger partial charge is 0.228 e. The fourth-order valence-corrected chi connectivity index (χ4v) is 3.09. The van der Waals surface area contributed by atoms with Crippen LogP contribution in [0.2, 0.25) is 0 Å². The lowest BCUT2D eigenvalue weighted by Gasteiger charge is -2.10. The van der Waals surface area contributed by atoms with Crippen LogP contribution in [0.4, 0.5) is 5.69 Å². The molecule has 0 bridgehead atoms. The van der Waals surface area contributed by atoms with Crippen molar-refractivity contribution in [2.75, 3.05) is 11.1 Å². The molecule has 0 saturated carbocycles. The highest BCUT2D eigenvalue weighted by molar-refractivity contribution is 9.10. The summed E-state index contributed by atoms with van der Waals surface area (Å²) in [5.74, 6) is 0.991. The van der Waals surface area contributed by atoms with Crippen molar-refractivity contribution in [3.63, 3.8) is 0 Å². The average molecular weight is 350 g/mol. The van der Waals surface area contributed by atoms with Crippen LogP contribution in [0.5, 0.6) is 0 Å². The van der Waals surface area contributed by atoms with E-state index in [2.05, 4.69) is 28.2 Å². The van der Waals surface area contributed by atoms with Crippen LogP contribution in [0.15, 0.2) is 57.9 Å². The minimum Gasteiger partial charge on any atom is -0.325 e. The van der Waals surface area contributed by atoms with Gasteiger partial charge in [-0.05, 0) is 35.6 Å². The minimum absolute atomic E-state index is 0.00672. The van der Waals surface area contributed by atoms with Crippen molar-refractivity contribution >= 4 is 39.3 Å². The first-order chi connectivity index (χ1) is 9.69. The third-order valence-corrected chi connectivity index (χ3v) is 4.16. The first-order valence-corrected chi connectivity index (χ1v) is 8.23. The molecule has 0 aliphatic heterocycles. The lowest BCUT2D eigenvalue weighted by molar-refractivity contribution is -0.115. The van der Waals surface area contributed by atoms with Crippen molar-refractivity contribution in [2.24, 2.45) is 0 Å². The van der Waals surface area contributed by atoms with Gasteiger partial charge >= 0.3 is 0 Å². The topological polar surface area (TPSA) is 29.1 Å². The first kappa shape index (κ1) is 15.1. The number of nitrogens with one attached hydrogen (secondary N) is 1. The number of hydrogen-bond acceptors (Lipinski definition) is 2. The van der Waals surface area contributed by atoms with Gasteiger partial charge in [-0.15, -0.1) is 11.8 Å². The summed E-state index contributed by atoms with van der Waals surface area (Å²) in [7, 11) is 0. The summed E-state index contributed by atoms with van der Waals surface area (Å²) in [5, 5.41) is 2.99. The number of carbonyl (C=O) groups is 1. The van der Waals surface area contributed by atoms with Gasteiger partial charge in [-0.25, -0.2) is 0 Å². The standard InChI is InChI=1S/C16H16BrNOS/c1-2-20-15-9-4-3-8-14(15)18-16(19)11-12-6-5-7-13(17)10-12/h3-10H,2,11H2,1H3,(H,18,19). The second-order valence-electron chi connectivity index (χ2n) is 4.28. The number of halogens is 1. The molecule has 1 N–H and O–H groups in total. The van der Waals surface area contributed by atoms with E-state index in [0.717, 1.165) is 26.4 Å². The van der Waals surface area contributed by atoms with Crippen molar-refractivity contribution in [2.45, 2.75) is 18.2 Å². The quantitative estimate of drug-likeness (QED) is 0.789. The molecule has 0 atom stereocenters. The lowest BCUT2D eigenvalue weighted by atomic mass is 10.1. The van der Waals surface area contributed by atoms with Crippen molar-refractivity contribution in [1.29, 1.82) is 0 Å². The Balaban J connectivity index is 2.05. The zero-order valence-electron chi connectivity index (χ0n) is 11.2. The molecule has 2 nitrogen and oxygen atoms in total. The molecule has 104 valence electrons. The van der Waals surface area contributed by atoms with Gasteiger partial charge < -0.3 is 5.32 Å². The zero-order chi connectivity index (χ0) is 14.4. The molecular weight excluding hydrogens is 334 g/mol. The lowest BCUT2D eigenvalue weighted by Crippen LogP contribution is -2.14. The minimum atomic E-state index is 0.00672. The van der Waals surface area contributed by atoms with E-state index < -0.39 is 0 Å². The monoisotopic (exact) mass is 349 g/mol. The number of anilines is 1. The molecule has 0 fully saturated rings. The van der Waals surface area contributed by atoms with Crippen LogP contribution in [0.25, 0.3) is 0 Å². The van der Waals surface area contributed by atoms with Crippen LogP contribution in [-0.2, 0) is 11.2 Å². The van der Waals surface area contributed by atoms with Gasteiger partial charge in [0, 0.05) is 9.37 Å². The molecule has 0 radical (unpaired) electrons. The van der Waals surface area contributed by atoms with Crippen LogP contribution in [-0.4, -0.2) is 11.7 Å². The Morgan fingerprint density at radius 1 is 1.20 bits per heavy atom. The third-order valence-electron chi connectivity index (χ3n) is 2.71. The van der Waals surface area contributed by atoms with Crippen LogP contribution in [0, 0.1) is 0 Å². The predicted molar refractivity (Wildman–Crippen MR) is 89.3 cm³/mol. The summed E-state index contributed by atoms with van der Waals surface area (Å²) in [6, 6.07) is 15.7. The number of thioether (sulfide) groups is 1. The Morgan fingerprint density at radius 2 is 2.00 bits per heavy atom. The number of rotatable bonds is 5. The summed E-state index contributed by atoms with van der Waals surface area (Å²) in [6.07, 6.45) is 0.380. The molecule has 0 aliphatic rings. The maximum absolute atomic E-state index is 12.1. The van der Waals surface area contributed by atoms with Gasteiger partial charge in [-0.1, -0.05) is 47.1 Å². The van der Waals surface area contributed by atoms with Gasteiger partial charge in [0.2, 0.25) is 5.91 Å². The molecule has 0 aliphatic carbocycles. The Labute approximate surface area is 132 Å². The zero-order valence-corrected chi connectivity index (χ0v) is 13.6. The van der Waals surface area contributed by atoms with E-state index in [9.17, 15) is 4.79 Å². The molecule has 4 heteroatoms. The second kappa shape index (κ2) is 7.50. The fraction of sp³-hybridized carbons (Fsp3) is 0.188. The fourth-order valence-electron chi connectivity index (χ4n) is 1.88. The van der Waals surface area contributed by atoms with E-state index in [4.69, 9.17) is 0 Å². The van der Waals surface area contributed by atoms with Crippen molar-refractivity contribution in [3.05, 3.63) is 58.6 Å². The Morgan fingerprint density at radius 3 is 2.75 bits per heavy atom. The van der Waals surface area contributed by atoms with E-state index in [0.29, 0.717) is 6.42 Å². The van der Waals surface area contributed by atoms with Crippen LogP contribution in [0.1, 0.15) is 12.5 Å². The molecular formula is C16H16BrNOS. The maximum Gasteiger partial charge on any atom is 0.228 e. The largest absolute Gasteiger partial charge is 0.325 e. The molecule has 0 unspecified atom stereocenters. The molecule has 0 aromatic heterocycles. The third kappa shape index (κ3) is 4.39. The second-order valence-corrected chi connectivity index (χ2v) is 6.51. The Hall–Kier alpha value is -1.26. The molecule has 20 heavy (non-hydrogen) atoms. The summed E-state index contributed by atoms with van der Waals surface area (Å²) in [6.45, 7) is 2.10. The normalized spacial score (nSPS) is 10.3. The van der Waals surface area contributed by atoms with E-state index >= 15 is 0 Å². The van der Waals surface area contributed by atoms with Crippen LogP contribution < -0.4 is 5.32 Å². The molecule has 0 saturated heterocycles. The summed E-state index contributed by atoms with van der Waals surface area (Å²) < 4.78 is 0.990. The highest BCUT2D eigenvalue weighted by Gasteiger charge is 2.07. The molecule has 1 amide bonds. The number of amides is 1. The van der Waals surface area contributed by atoms with E-state index in [1.54, 1.807) is 11.8 Å². The van der Waals surface area contributed by atoms with Crippen molar-refractivity contribution in [3.8, 4) is 0 Å². The molecule has 2 rings (SSSR count).